The number of rotatable bonds is 2. The molecule has 1 rings (SSSR count). The van der Waals surface area contributed by atoms with E-state index in [2.05, 4.69) is 0 Å². The average molecular weight is 190 g/mol. The fraction of sp³-hybridized carbons (Fsp3) is 0.200. The minimum atomic E-state index is -1.05. The number of benzene rings is 1. The van der Waals surface area contributed by atoms with Gasteiger partial charge in [0.25, 0.3) is 0 Å². The van der Waals surface area contributed by atoms with Gasteiger partial charge in [-0.2, -0.15) is 5.26 Å². The van der Waals surface area contributed by atoms with Crippen LogP contribution in [-0.4, -0.2) is 11.1 Å². The summed E-state index contributed by atoms with van der Waals surface area (Å²) in [6.45, 7) is 1.82. The van der Waals surface area contributed by atoms with Crippen molar-refractivity contribution >= 4 is 5.97 Å². The third-order valence-electron chi connectivity index (χ3n) is 2.07. The van der Waals surface area contributed by atoms with Crippen molar-refractivity contribution in [3.05, 3.63) is 34.4 Å². The van der Waals surface area contributed by atoms with Gasteiger partial charge in [0, 0.05) is 6.54 Å². The summed E-state index contributed by atoms with van der Waals surface area (Å²) in [7, 11) is 0. The largest absolute Gasteiger partial charge is 0.478 e. The molecule has 0 aliphatic carbocycles. The van der Waals surface area contributed by atoms with Crippen LogP contribution in [0.15, 0.2) is 12.1 Å². The second-order valence-corrected chi connectivity index (χ2v) is 2.90. The molecule has 4 heteroatoms. The molecule has 0 aromatic heterocycles. The van der Waals surface area contributed by atoms with E-state index in [1.165, 1.54) is 6.07 Å². The summed E-state index contributed by atoms with van der Waals surface area (Å²) in [5.41, 5.74) is 7.04. The lowest BCUT2D eigenvalue weighted by Crippen LogP contribution is -2.10. The monoisotopic (exact) mass is 190 g/mol. The zero-order valence-electron chi connectivity index (χ0n) is 7.74. The highest BCUT2D eigenvalue weighted by molar-refractivity contribution is 5.90. The quantitative estimate of drug-likeness (QED) is 0.728. The van der Waals surface area contributed by atoms with Crippen molar-refractivity contribution in [2.75, 3.05) is 0 Å². The molecule has 0 radical (unpaired) electrons. The van der Waals surface area contributed by atoms with Crippen molar-refractivity contribution < 1.29 is 9.90 Å². The van der Waals surface area contributed by atoms with Crippen LogP contribution in [0.2, 0.25) is 0 Å². The topological polar surface area (TPSA) is 87.1 Å². The molecule has 0 fully saturated rings. The Kier molecular flexibility index (Phi) is 2.85. The van der Waals surface area contributed by atoms with Crippen molar-refractivity contribution in [2.45, 2.75) is 13.5 Å². The zero-order chi connectivity index (χ0) is 10.7. The van der Waals surface area contributed by atoms with E-state index in [1.807, 2.05) is 6.07 Å². The van der Waals surface area contributed by atoms with Gasteiger partial charge in [-0.05, 0) is 24.1 Å². The van der Waals surface area contributed by atoms with Gasteiger partial charge in [-0.15, -0.1) is 0 Å². The van der Waals surface area contributed by atoms with Gasteiger partial charge in [0.15, 0.2) is 0 Å². The molecule has 1 aromatic rings. The number of carboxylic acid groups (broad SMARTS) is 1. The van der Waals surface area contributed by atoms with Gasteiger partial charge < -0.3 is 10.8 Å². The molecule has 3 N–H and O–H groups in total. The molecule has 0 bridgehead atoms. The number of nitrogens with two attached hydrogens (primary N) is 1. The normalized spacial score (nSPS) is 9.50. The van der Waals surface area contributed by atoms with Gasteiger partial charge in [0.2, 0.25) is 0 Å². The number of carbonyl (C=O) groups is 1. The van der Waals surface area contributed by atoms with Crippen LogP contribution in [0, 0.1) is 18.3 Å². The number of carboxylic acids is 1. The Morgan fingerprint density at radius 2 is 2.29 bits per heavy atom. The summed E-state index contributed by atoms with van der Waals surface area (Å²) in [6.07, 6.45) is 0. The van der Waals surface area contributed by atoms with Crippen LogP contribution >= 0.6 is 0 Å². The minimum Gasteiger partial charge on any atom is -0.478 e. The fourth-order valence-electron chi connectivity index (χ4n) is 1.33. The van der Waals surface area contributed by atoms with Crippen molar-refractivity contribution in [3.8, 4) is 6.07 Å². The number of aromatic carboxylic acids is 1. The molecule has 1 aromatic carbocycles. The summed E-state index contributed by atoms with van der Waals surface area (Å²) in [6, 6.07) is 5.05. The van der Waals surface area contributed by atoms with E-state index >= 15 is 0 Å². The van der Waals surface area contributed by atoms with Crippen LogP contribution in [0.3, 0.4) is 0 Å². The molecule has 0 amide bonds. The maximum absolute atomic E-state index is 10.8. The van der Waals surface area contributed by atoms with Gasteiger partial charge in [-0.25, -0.2) is 4.79 Å². The molecule has 0 spiro atoms. The second kappa shape index (κ2) is 3.90. The van der Waals surface area contributed by atoms with E-state index in [-0.39, 0.29) is 12.1 Å². The highest BCUT2D eigenvalue weighted by Gasteiger charge is 2.14. The second-order valence-electron chi connectivity index (χ2n) is 2.90. The summed E-state index contributed by atoms with van der Waals surface area (Å²) in [5, 5.41) is 17.7. The number of hydrogen-bond donors (Lipinski definition) is 2. The summed E-state index contributed by atoms with van der Waals surface area (Å²) in [5.74, 6) is -1.05. The Bertz CT molecular complexity index is 419. The standard InChI is InChI=1S/C10H10N2O2/c1-6-2-3-7(10(13)14)9(5-12)8(6)4-11/h2-3H,5,12H2,1H3,(H,13,14). The molecular weight excluding hydrogens is 180 g/mol. The number of nitrogens with zero attached hydrogens (tertiary/aromatic N) is 1. The molecule has 0 unspecified atom stereocenters. The Morgan fingerprint density at radius 1 is 1.64 bits per heavy atom. The fourth-order valence-corrected chi connectivity index (χ4v) is 1.33. The Balaban J connectivity index is 3.50. The highest BCUT2D eigenvalue weighted by atomic mass is 16.4. The smallest absolute Gasteiger partial charge is 0.336 e. The van der Waals surface area contributed by atoms with E-state index < -0.39 is 5.97 Å². The predicted molar refractivity (Wildman–Crippen MR) is 50.7 cm³/mol. The van der Waals surface area contributed by atoms with E-state index in [4.69, 9.17) is 16.1 Å². The molecule has 0 atom stereocenters. The van der Waals surface area contributed by atoms with Gasteiger partial charge in [-0.3, -0.25) is 0 Å². The summed E-state index contributed by atoms with van der Waals surface area (Å²) < 4.78 is 0. The van der Waals surface area contributed by atoms with Crippen molar-refractivity contribution in [2.24, 2.45) is 5.73 Å². The Hall–Kier alpha value is -1.86. The maximum Gasteiger partial charge on any atom is 0.336 e. The molecule has 0 aliphatic heterocycles. The van der Waals surface area contributed by atoms with Crippen LogP contribution in [0.1, 0.15) is 27.0 Å². The van der Waals surface area contributed by atoms with Gasteiger partial charge >= 0.3 is 5.97 Å². The molecule has 72 valence electrons. The first-order valence-corrected chi connectivity index (χ1v) is 4.07. The lowest BCUT2D eigenvalue weighted by molar-refractivity contribution is 0.0695. The third kappa shape index (κ3) is 1.58. The van der Waals surface area contributed by atoms with Crippen molar-refractivity contribution in [3.63, 3.8) is 0 Å². The number of nitriles is 1. The maximum atomic E-state index is 10.8. The lowest BCUT2D eigenvalue weighted by atomic mass is 9.97. The lowest BCUT2D eigenvalue weighted by Gasteiger charge is -2.07. The molecule has 0 saturated carbocycles. The van der Waals surface area contributed by atoms with Crippen LogP contribution in [0.5, 0.6) is 0 Å². The molecular formula is C10H10N2O2. The average Bonchev–Trinajstić information content (AvgIpc) is 2.16. The molecule has 14 heavy (non-hydrogen) atoms. The molecule has 4 nitrogen and oxygen atoms in total. The third-order valence-corrected chi connectivity index (χ3v) is 2.07. The molecule has 0 saturated heterocycles. The van der Waals surface area contributed by atoms with Crippen molar-refractivity contribution in [1.82, 2.24) is 0 Å². The molecule has 0 heterocycles. The van der Waals surface area contributed by atoms with E-state index in [1.54, 1.807) is 13.0 Å². The van der Waals surface area contributed by atoms with Gasteiger partial charge in [-0.1, -0.05) is 6.07 Å². The Labute approximate surface area is 81.6 Å². The van der Waals surface area contributed by atoms with E-state index in [0.717, 1.165) is 5.56 Å². The Morgan fingerprint density at radius 3 is 2.71 bits per heavy atom. The van der Waals surface area contributed by atoms with E-state index in [9.17, 15) is 4.79 Å². The first-order chi connectivity index (χ1) is 6.61. The first kappa shape index (κ1) is 10.2. The van der Waals surface area contributed by atoms with Crippen LogP contribution < -0.4 is 5.73 Å². The van der Waals surface area contributed by atoms with Crippen molar-refractivity contribution in [1.29, 1.82) is 5.26 Å². The SMILES string of the molecule is Cc1ccc(C(=O)O)c(CN)c1C#N. The highest BCUT2D eigenvalue weighted by Crippen LogP contribution is 2.17. The number of hydrogen-bond acceptors (Lipinski definition) is 3. The molecule has 0 aliphatic rings. The minimum absolute atomic E-state index is 0.0617. The van der Waals surface area contributed by atoms with Crippen LogP contribution in [0.25, 0.3) is 0 Å². The van der Waals surface area contributed by atoms with Crippen LogP contribution in [-0.2, 0) is 6.54 Å². The zero-order valence-corrected chi connectivity index (χ0v) is 7.74. The number of aryl methyl sites for hydroxylation is 1. The summed E-state index contributed by atoms with van der Waals surface area (Å²) >= 11 is 0. The van der Waals surface area contributed by atoms with Crippen LogP contribution in [0.4, 0.5) is 0 Å². The summed E-state index contributed by atoms with van der Waals surface area (Å²) in [4.78, 5) is 10.8. The van der Waals surface area contributed by atoms with Gasteiger partial charge in [0.1, 0.15) is 0 Å². The van der Waals surface area contributed by atoms with Gasteiger partial charge in [0.05, 0.1) is 17.2 Å². The predicted octanol–water partition coefficient (Wildman–Crippen LogP) is 1.02. The first-order valence-electron chi connectivity index (χ1n) is 4.07. The van der Waals surface area contributed by atoms with E-state index in [0.29, 0.717) is 11.1 Å².